The quantitative estimate of drug-likeness (QED) is 0.380. The lowest BCUT2D eigenvalue weighted by atomic mass is 10.1. The number of aliphatic imine (C=N–C) groups is 1. The molecule has 0 aliphatic rings. The van der Waals surface area contributed by atoms with Crippen LogP contribution in [0.4, 0.5) is 8.78 Å². The van der Waals surface area contributed by atoms with Crippen LogP contribution in [0, 0.1) is 5.92 Å². The molecule has 0 fully saturated rings. The van der Waals surface area contributed by atoms with E-state index >= 15 is 0 Å². The zero-order valence-corrected chi connectivity index (χ0v) is 15.2. The number of halogens is 3. The lowest BCUT2D eigenvalue weighted by molar-refractivity contribution is 0.0818. The molecule has 1 rings (SSSR count). The molecule has 4 nitrogen and oxygen atoms in total. The van der Waals surface area contributed by atoms with E-state index in [0.717, 1.165) is 18.5 Å². The number of benzene rings is 1. The summed E-state index contributed by atoms with van der Waals surface area (Å²) in [6.07, 6.45) is -1.46. The number of alkyl halides is 2. The summed E-state index contributed by atoms with van der Waals surface area (Å²) in [6, 6.07) is 6.92. The van der Waals surface area contributed by atoms with Crippen LogP contribution in [0.3, 0.4) is 0 Å². The van der Waals surface area contributed by atoms with Crippen LogP contribution in [0.15, 0.2) is 29.3 Å². The molecule has 0 radical (unpaired) electrons. The van der Waals surface area contributed by atoms with Crippen LogP contribution in [-0.2, 0) is 6.54 Å². The number of nitrogens with zero attached hydrogens (tertiary/aromatic N) is 1. The standard InChI is InChI=1S/C15H23F2N3O.HI/c1-11(2)6-7-19-15(18)20-9-12-4-3-5-13(8-12)21-10-14(16)17;/h3-5,8,11,14H,6-7,9-10H2,1-2H3,(H3,18,19,20);1H. The maximum absolute atomic E-state index is 12.1. The van der Waals surface area contributed by atoms with E-state index in [-0.39, 0.29) is 24.0 Å². The Hall–Kier alpha value is -1.12. The third-order valence-electron chi connectivity index (χ3n) is 2.73. The van der Waals surface area contributed by atoms with Gasteiger partial charge in [0.2, 0.25) is 0 Å². The monoisotopic (exact) mass is 427 g/mol. The first-order valence-corrected chi connectivity index (χ1v) is 7.01. The van der Waals surface area contributed by atoms with Crippen molar-refractivity contribution in [3.8, 4) is 5.75 Å². The van der Waals surface area contributed by atoms with Crippen molar-refractivity contribution in [2.45, 2.75) is 33.2 Å². The summed E-state index contributed by atoms with van der Waals surface area (Å²) in [5.41, 5.74) is 6.61. The van der Waals surface area contributed by atoms with Crippen molar-refractivity contribution in [1.82, 2.24) is 5.32 Å². The minimum Gasteiger partial charge on any atom is -0.488 e. The van der Waals surface area contributed by atoms with E-state index in [9.17, 15) is 8.78 Å². The van der Waals surface area contributed by atoms with Gasteiger partial charge in [-0.15, -0.1) is 24.0 Å². The number of hydrogen-bond acceptors (Lipinski definition) is 2. The Bertz CT molecular complexity index is 456. The molecule has 22 heavy (non-hydrogen) atoms. The van der Waals surface area contributed by atoms with Gasteiger partial charge >= 0.3 is 0 Å². The van der Waals surface area contributed by atoms with E-state index in [1.54, 1.807) is 18.2 Å². The molecule has 3 N–H and O–H groups in total. The summed E-state index contributed by atoms with van der Waals surface area (Å²) in [7, 11) is 0. The summed E-state index contributed by atoms with van der Waals surface area (Å²) in [4.78, 5) is 4.21. The molecule has 0 amide bonds. The van der Waals surface area contributed by atoms with E-state index in [1.165, 1.54) is 0 Å². The summed E-state index contributed by atoms with van der Waals surface area (Å²) in [5.74, 6) is 1.40. The van der Waals surface area contributed by atoms with Gasteiger partial charge in [0.15, 0.2) is 5.96 Å². The predicted octanol–water partition coefficient (Wildman–Crippen LogP) is 3.40. The highest BCUT2D eigenvalue weighted by Gasteiger charge is 2.04. The lowest BCUT2D eigenvalue weighted by Crippen LogP contribution is -2.32. The number of nitrogens with one attached hydrogen (secondary N) is 1. The van der Waals surface area contributed by atoms with Crippen LogP contribution < -0.4 is 15.8 Å². The molecule has 126 valence electrons. The fourth-order valence-electron chi connectivity index (χ4n) is 1.61. The second-order valence-corrected chi connectivity index (χ2v) is 5.16. The van der Waals surface area contributed by atoms with Gasteiger partial charge in [0, 0.05) is 6.54 Å². The molecule has 0 aromatic heterocycles. The third kappa shape index (κ3) is 9.75. The minimum absolute atomic E-state index is 0. The molecule has 0 atom stereocenters. The second-order valence-electron chi connectivity index (χ2n) is 5.16. The lowest BCUT2D eigenvalue weighted by Gasteiger charge is -2.08. The van der Waals surface area contributed by atoms with Gasteiger partial charge in [0.25, 0.3) is 6.43 Å². The predicted molar refractivity (Wildman–Crippen MR) is 96.1 cm³/mol. The number of hydrogen-bond donors (Lipinski definition) is 2. The summed E-state index contributed by atoms with van der Waals surface area (Å²) < 4.78 is 29.1. The van der Waals surface area contributed by atoms with E-state index in [1.807, 2.05) is 6.07 Å². The summed E-state index contributed by atoms with van der Waals surface area (Å²) >= 11 is 0. The summed E-state index contributed by atoms with van der Waals surface area (Å²) in [5, 5.41) is 3.04. The van der Waals surface area contributed by atoms with Crippen LogP contribution in [0.25, 0.3) is 0 Å². The van der Waals surface area contributed by atoms with Gasteiger partial charge in [0.1, 0.15) is 12.4 Å². The van der Waals surface area contributed by atoms with Crippen LogP contribution in [0.5, 0.6) is 5.75 Å². The van der Waals surface area contributed by atoms with Crippen molar-refractivity contribution >= 4 is 29.9 Å². The highest BCUT2D eigenvalue weighted by atomic mass is 127. The normalized spacial score (nSPS) is 11.5. The van der Waals surface area contributed by atoms with Crippen molar-refractivity contribution < 1.29 is 13.5 Å². The molecular formula is C15H24F2IN3O. The van der Waals surface area contributed by atoms with Crippen LogP contribution in [0.2, 0.25) is 0 Å². The van der Waals surface area contributed by atoms with Crippen molar-refractivity contribution in [3.05, 3.63) is 29.8 Å². The molecule has 0 saturated heterocycles. The van der Waals surface area contributed by atoms with E-state index < -0.39 is 13.0 Å². The number of rotatable bonds is 8. The Morgan fingerprint density at radius 1 is 1.36 bits per heavy atom. The topological polar surface area (TPSA) is 59.6 Å². The first-order chi connectivity index (χ1) is 9.97. The smallest absolute Gasteiger partial charge is 0.272 e. The average molecular weight is 427 g/mol. The molecule has 0 aliphatic heterocycles. The fraction of sp³-hybridized carbons (Fsp3) is 0.533. The molecule has 0 unspecified atom stereocenters. The van der Waals surface area contributed by atoms with Crippen molar-refractivity contribution in [1.29, 1.82) is 0 Å². The van der Waals surface area contributed by atoms with Crippen molar-refractivity contribution in [3.63, 3.8) is 0 Å². The largest absolute Gasteiger partial charge is 0.488 e. The molecule has 0 saturated carbocycles. The van der Waals surface area contributed by atoms with Crippen molar-refractivity contribution in [2.75, 3.05) is 13.2 Å². The van der Waals surface area contributed by atoms with Gasteiger partial charge in [-0.05, 0) is 30.0 Å². The molecule has 0 bridgehead atoms. The highest BCUT2D eigenvalue weighted by Crippen LogP contribution is 2.14. The Kier molecular flexibility index (Phi) is 10.9. The van der Waals surface area contributed by atoms with E-state index in [0.29, 0.717) is 24.2 Å². The Balaban J connectivity index is 0.00000441. The van der Waals surface area contributed by atoms with Gasteiger partial charge in [-0.25, -0.2) is 13.8 Å². The first-order valence-electron chi connectivity index (χ1n) is 7.01. The fourth-order valence-corrected chi connectivity index (χ4v) is 1.61. The van der Waals surface area contributed by atoms with E-state index in [4.69, 9.17) is 10.5 Å². The van der Waals surface area contributed by atoms with E-state index in [2.05, 4.69) is 24.2 Å². The highest BCUT2D eigenvalue weighted by molar-refractivity contribution is 14.0. The second kappa shape index (κ2) is 11.4. The molecule has 1 aromatic carbocycles. The molecule has 7 heteroatoms. The van der Waals surface area contributed by atoms with Crippen LogP contribution >= 0.6 is 24.0 Å². The molecule has 0 heterocycles. The number of guanidine groups is 1. The maximum Gasteiger partial charge on any atom is 0.272 e. The molecule has 0 spiro atoms. The minimum atomic E-state index is -2.48. The first kappa shape index (κ1) is 20.9. The van der Waals surface area contributed by atoms with Crippen LogP contribution in [0.1, 0.15) is 25.8 Å². The van der Waals surface area contributed by atoms with Gasteiger partial charge < -0.3 is 15.8 Å². The number of ether oxygens (including phenoxy) is 1. The van der Waals surface area contributed by atoms with Gasteiger partial charge in [-0.3, -0.25) is 0 Å². The Labute approximate surface area is 147 Å². The van der Waals surface area contributed by atoms with Crippen molar-refractivity contribution in [2.24, 2.45) is 16.6 Å². The molecular weight excluding hydrogens is 403 g/mol. The maximum atomic E-state index is 12.1. The zero-order chi connectivity index (χ0) is 15.7. The third-order valence-corrected chi connectivity index (χ3v) is 2.73. The molecule has 1 aromatic rings. The van der Waals surface area contributed by atoms with Gasteiger partial charge in [-0.1, -0.05) is 26.0 Å². The average Bonchev–Trinajstić information content (AvgIpc) is 2.43. The Morgan fingerprint density at radius 2 is 2.09 bits per heavy atom. The summed E-state index contributed by atoms with van der Waals surface area (Å²) in [6.45, 7) is 4.84. The van der Waals surface area contributed by atoms with Gasteiger partial charge in [-0.2, -0.15) is 0 Å². The van der Waals surface area contributed by atoms with Crippen LogP contribution in [-0.4, -0.2) is 25.5 Å². The Morgan fingerprint density at radius 3 is 2.73 bits per heavy atom. The number of nitrogens with two attached hydrogens (primary N) is 1. The van der Waals surface area contributed by atoms with Gasteiger partial charge in [0.05, 0.1) is 6.54 Å². The SMILES string of the molecule is CC(C)CCNC(N)=NCc1cccc(OCC(F)F)c1.I. The zero-order valence-electron chi connectivity index (χ0n) is 12.9. The molecule has 0 aliphatic carbocycles.